The van der Waals surface area contributed by atoms with Gasteiger partial charge < -0.3 is 15.2 Å². The molecular formula is C15H20ClNO3. The van der Waals surface area contributed by atoms with Crippen LogP contribution in [0.3, 0.4) is 0 Å². The van der Waals surface area contributed by atoms with Crippen molar-refractivity contribution in [1.82, 2.24) is 0 Å². The molecule has 0 atom stereocenters. The molecule has 1 aliphatic carbocycles. The molecule has 0 radical (unpaired) electrons. The molecule has 0 bridgehead atoms. The predicted molar refractivity (Wildman–Crippen MR) is 78.9 cm³/mol. The molecule has 20 heavy (non-hydrogen) atoms. The van der Waals surface area contributed by atoms with Crippen molar-refractivity contribution < 1.29 is 14.3 Å². The van der Waals surface area contributed by atoms with Gasteiger partial charge in [-0.25, -0.2) is 0 Å². The van der Waals surface area contributed by atoms with Crippen LogP contribution in [0.2, 0.25) is 5.02 Å². The first-order valence-electron chi connectivity index (χ1n) is 6.76. The average molecular weight is 298 g/mol. The van der Waals surface area contributed by atoms with Crippen LogP contribution >= 0.6 is 11.6 Å². The Morgan fingerprint density at radius 2 is 1.80 bits per heavy atom. The summed E-state index contributed by atoms with van der Waals surface area (Å²) < 4.78 is 10.8. The van der Waals surface area contributed by atoms with E-state index < -0.39 is 5.54 Å². The minimum absolute atomic E-state index is 0.300. The predicted octanol–water partition coefficient (Wildman–Crippen LogP) is 3.29. The number of benzene rings is 1. The van der Waals surface area contributed by atoms with E-state index in [4.69, 9.17) is 26.8 Å². The van der Waals surface area contributed by atoms with Crippen molar-refractivity contribution in [1.29, 1.82) is 0 Å². The number of aldehydes is 1. The molecule has 110 valence electrons. The first-order chi connectivity index (χ1) is 9.57. The van der Waals surface area contributed by atoms with Crippen LogP contribution in [0, 0.1) is 0 Å². The van der Waals surface area contributed by atoms with Crippen molar-refractivity contribution >= 4 is 17.9 Å². The Morgan fingerprint density at radius 1 is 1.20 bits per heavy atom. The second-order valence-corrected chi connectivity index (χ2v) is 5.63. The Labute approximate surface area is 124 Å². The summed E-state index contributed by atoms with van der Waals surface area (Å²) in [6.07, 6.45) is 5.78. The zero-order valence-electron chi connectivity index (χ0n) is 11.9. The standard InChI is InChI=1S/C15H20ClNO3/c1-19-13-10(9-18)12(16)8-11(14(13)20-2)15(17)6-4-3-5-7-15/h8-9H,3-7,17H2,1-2H3. The summed E-state index contributed by atoms with van der Waals surface area (Å²) in [4.78, 5) is 11.2. The topological polar surface area (TPSA) is 61.5 Å². The van der Waals surface area contributed by atoms with Crippen molar-refractivity contribution in [2.24, 2.45) is 5.73 Å². The van der Waals surface area contributed by atoms with Gasteiger partial charge in [0.25, 0.3) is 0 Å². The van der Waals surface area contributed by atoms with E-state index in [9.17, 15) is 4.79 Å². The second-order valence-electron chi connectivity index (χ2n) is 5.22. The van der Waals surface area contributed by atoms with Crippen LogP contribution in [0.25, 0.3) is 0 Å². The van der Waals surface area contributed by atoms with Crippen molar-refractivity contribution in [3.63, 3.8) is 0 Å². The molecule has 5 heteroatoms. The highest BCUT2D eigenvalue weighted by molar-refractivity contribution is 6.33. The number of nitrogens with two attached hydrogens (primary N) is 1. The van der Waals surface area contributed by atoms with Crippen molar-refractivity contribution in [3.05, 3.63) is 22.2 Å². The fourth-order valence-corrected chi connectivity index (χ4v) is 3.20. The summed E-state index contributed by atoms with van der Waals surface area (Å²) >= 11 is 6.20. The number of ether oxygens (including phenoxy) is 2. The van der Waals surface area contributed by atoms with Gasteiger partial charge >= 0.3 is 0 Å². The molecule has 0 spiro atoms. The number of methoxy groups -OCH3 is 2. The third-order valence-electron chi connectivity index (χ3n) is 4.03. The molecule has 1 aliphatic rings. The Bertz CT molecular complexity index is 510. The van der Waals surface area contributed by atoms with E-state index >= 15 is 0 Å². The highest BCUT2D eigenvalue weighted by Gasteiger charge is 2.35. The molecule has 0 aliphatic heterocycles. The van der Waals surface area contributed by atoms with Crippen LogP contribution in [-0.4, -0.2) is 20.5 Å². The van der Waals surface area contributed by atoms with E-state index in [1.807, 2.05) is 0 Å². The van der Waals surface area contributed by atoms with Gasteiger partial charge in [-0.3, -0.25) is 4.79 Å². The Hall–Kier alpha value is -1.26. The molecule has 0 unspecified atom stereocenters. The molecule has 0 saturated heterocycles. The molecule has 2 N–H and O–H groups in total. The SMILES string of the molecule is COc1c(C2(N)CCCCC2)cc(Cl)c(C=O)c1OC. The van der Waals surface area contributed by atoms with Crippen molar-refractivity contribution in [2.75, 3.05) is 14.2 Å². The van der Waals surface area contributed by atoms with Crippen LogP contribution < -0.4 is 15.2 Å². The summed E-state index contributed by atoms with van der Waals surface area (Å²) in [6, 6.07) is 1.75. The van der Waals surface area contributed by atoms with Gasteiger partial charge in [-0.1, -0.05) is 30.9 Å². The molecule has 4 nitrogen and oxygen atoms in total. The van der Waals surface area contributed by atoms with Gasteiger partial charge in [0.05, 0.1) is 24.8 Å². The Morgan fingerprint density at radius 3 is 2.30 bits per heavy atom. The first kappa shape index (κ1) is 15.1. The number of carbonyl (C=O) groups is 1. The lowest BCUT2D eigenvalue weighted by Gasteiger charge is -2.35. The average Bonchev–Trinajstić information content (AvgIpc) is 2.46. The van der Waals surface area contributed by atoms with Gasteiger partial charge in [-0.05, 0) is 18.9 Å². The van der Waals surface area contributed by atoms with E-state index in [1.165, 1.54) is 13.5 Å². The maximum atomic E-state index is 11.2. The van der Waals surface area contributed by atoms with Crippen LogP contribution in [-0.2, 0) is 5.54 Å². The van der Waals surface area contributed by atoms with Gasteiger partial charge in [0.2, 0.25) is 0 Å². The minimum atomic E-state index is -0.470. The molecule has 0 aromatic heterocycles. The summed E-state index contributed by atoms with van der Waals surface area (Å²) in [6.45, 7) is 0. The highest BCUT2D eigenvalue weighted by atomic mass is 35.5. The van der Waals surface area contributed by atoms with Crippen LogP contribution in [0.1, 0.15) is 48.0 Å². The molecule has 0 amide bonds. The maximum Gasteiger partial charge on any atom is 0.173 e. The molecule has 1 aromatic rings. The monoisotopic (exact) mass is 297 g/mol. The molecule has 1 fully saturated rings. The smallest absolute Gasteiger partial charge is 0.173 e. The van der Waals surface area contributed by atoms with Gasteiger partial charge in [0.15, 0.2) is 17.8 Å². The molecule has 1 saturated carbocycles. The second kappa shape index (κ2) is 6.02. The summed E-state index contributed by atoms with van der Waals surface area (Å²) in [7, 11) is 3.05. The zero-order chi connectivity index (χ0) is 14.8. The normalized spacial score (nSPS) is 17.6. The lowest BCUT2D eigenvalue weighted by Crippen LogP contribution is -2.39. The quantitative estimate of drug-likeness (QED) is 0.866. The molecule has 2 rings (SSSR count). The number of halogens is 1. The van der Waals surface area contributed by atoms with E-state index in [1.54, 1.807) is 13.2 Å². The number of rotatable bonds is 4. The van der Waals surface area contributed by atoms with Crippen LogP contribution in [0.5, 0.6) is 11.5 Å². The van der Waals surface area contributed by atoms with Gasteiger partial charge in [0.1, 0.15) is 0 Å². The van der Waals surface area contributed by atoms with E-state index in [2.05, 4.69) is 0 Å². The first-order valence-corrected chi connectivity index (χ1v) is 7.14. The Balaban J connectivity index is 2.63. The molecule has 0 heterocycles. The molecule has 1 aromatic carbocycles. The van der Waals surface area contributed by atoms with Crippen molar-refractivity contribution in [3.8, 4) is 11.5 Å². The maximum absolute atomic E-state index is 11.2. The van der Waals surface area contributed by atoms with E-state index in [0.29, 0.717) is 28.4 Å². The molecular weight excluding hydrogens is 278 g/mol. The summed E-state index contributed by atoms with van der Waals surface area (Å²) in [5.41, 5.74) is 7.21. The van der Waals surface area contributed by atoms with Gasteiger partial charge in [-0.15, -0.1) is 0 Å². The number of hydrogen-bond acceptors (Lipinski definition) is 4. The fraction of sp³-hybridized carbons (Fsp3) is 0.533. The lowest BCUT2D eigenvalue weighted by atomic mass is 9.76. The zero-order valence-corrected chi connectivity index (χ0v) is 12.6. The van der Waals surface area contributed by atoms with Crippen molar-refractivity contribution in [2.45, 2.75) is 37.6 Å². The summed E-state index contributed by atoms with van der Waals surface area (Å²) in [5, 5.41) is 0.350. The van der Waals surface area contributed by atoms with Crippen LogP contribution in [0.4, 0.5) is 0 Å². The van der Waals surface area contributed by atoms with Crippen LogP contribution in [0.15, 0.2) is 6.07 Å². The van der Waals surface area contributed by atoms with Gasteiger partial charge in [-0.2, -0.15) is 0 Å². The number of hydrogen-bond donors (Lipinski definition) is 1. The number of carbonyl (C=O) groups excluding carboxylic acids is 1. The van der Waals surface area contributed by atoms with E-state index in [-0.39, 0.29) is 0 Å². The van der Waals surface area contributed by atoms with E-state index in [0.717, 1.165) is 31.2 Å². The Kier molecular flexibility index (Phi) is 4.55. The third-order valence-corrected chi connectivity index (χ3v) is 4.34. The summed E-state index contributed by atoms with van der Waals surface area (Å²) in [5.74, 6) is 0.879. The lowest BCUT2D eigenvalue weighted by molar-refractivity contribution is 0.112. The third kappa shape index (κ3) is 2.50. The largest absolute Gasteiger partial charge is 0.492 e. The van der Waals surface area contributed by atoms with Gasteiger partial charge in [0, 0.05) is 11.1 Å². The minimum Gasteiger partial charge on any atom is -0.492 e. The highest BCUT2D eigenvalue weighted by Crippen LogP contribution is 2.46. The fourth-order valence-electron chi connectivity index (χ4n) is 2.96.